The Morgan fingerprint density at radius 3 is 2.45 bits per heavy atom. The number of fused-ring (bicyclic) bond motifs is 1. The first-order valence-electron chi connectivity index (χ1n) is 6.79. The average molecular weight is 275 g/mol. The molecule has 0 fully saturated rings. The lowest BCUT2D eigenvalue weighted by Gasteiger charge is -2.13. The van der Waals surface area contributed by atoms with Gasteiger partial charge < -0.3 is 5.11 Å². The van der Waals surface area contributed by atoms with E-state index in [-0.39, 0.29) is 22.9 Å². The minimum Gasteiger partial charge on any atom is -0.478 e. The lowest BCUT2D eigenvalue weighted by molar-refractivity contribution is 0.0649. The van der Waals surface area contributed by atoms with Crippen LogP contribution in [0.15, 0.2) is 18.2 Å². The number of benzene rings is 1. The van der Waals surface area contributed by atoms with Gasteiger partial charge in [-0.15, -0.1) is 0 Å². The predicted octanol–water partition coefficient (Wildman–Crippen LogP) is 2.56. The van der Waals surface area contributed by atoms with Crippen molar-refractivity contribution in [3.8, 4) is 0 Å². The van der Waals surface area contributed by atoms with Crippen LogP contribution in [-0.2, 0) is 0 Å². The van der Waals surface area contributed by atoms with E-state index >= 15 is 0 Å². The third-order valence-electron chi connectivity index (χ3n) is 3.45. The Balaban J connectivity index is 2.15. The Hall–Kier alpha value is -2.17. The molecule has 1 aromatic carbocycles. The van der Waals surface area contributed by atoms with Gasteiger partial charge in [-0.2, -0.15) is 0 Å². The molecule has 0 saturated heterocycles. The molecule has 5 nitrogen and oxygen atoms in total. The van der Waals surface area contributed by atoms with Gasteiger partial charge in [0.05, 0.1) is 16.7 Å². The van der Waals surface area contributed by atoms with Crippen LogP contribution in [0.5, 0.6) is 0 Å². The first kappa shape index (κ1) is 14.2. The van der Waals surface area contributed by atoms with Gasteiger partial charge in [0.15, 0.2) is 0 Å². The molecular formula is C15H17NO4. The van der Waals surface area contributed by atoms with Gasteiger partial charge >= 0.3 is 5.97 Å². The molecule has 0 aliphatic carbocycles. The zero-order chi connectivity index (χ0) is 14.7. The summed E-state index contributed by atoms with van der Waals surface area (Å²) in [5.41, 5.74) is 0.526. The maximum Gasteiger partial charge on any atom is 0.335 e. The van der Waals surface area contributed by atoms with Crippen molar-refractivity contribution in [1.82, 2.24) is 4.90 Å². The van der Waals surface area contributed by atoms with Crippen molar-refractivity contribution in [3.05, 3.63) is 34.9 Å². The molecular weight excluding hydrogens is 258 g/mol. The number of nitrogens with zero attached hydrogens (tertiary/aromatic N) is 1. The van der Waals surface area contributed by atoms with E-state index < -0.39 is 5.97 Å². The van der Waals surface area contributed by atoms with Crippen LogP contribution in [-0.4, -0.2) is 34.3 Å². The normalized spacial score (nSPS) is 13.8. The van der Waals surface area contributed by atoms with Crippen LogP contribution in [0, 0.1) is 0 Å². The maximum atomic E-state index is 12.2. The van der Waals surface area contributed by atoms with Gasteiger partial charge in [0.2, 0.25) is 0 Å². The van der Waals surface area contributed by atoms with Crippen molar-refractivity contribution < 1.29 is 19.5 Å². The molecule has 2 rings (SSSR count). The molecule has 0 bridgehead atoms. The molecule has 0 unspecified atom stereocenters. The fraction of sp³-hybridized carbons (Fsp3) is 0.400. The zero-order valence-corrected chi connectivity index (χ0v) is 11.4. The molecule has 1 N–H and O–H groups in total. The van der Waals surface area contributed by atoms with E-state index in [9.17, 15) is 14.4 Å². The quantitative estimate of drug-likeness (QED) is 0.639. The first-order valence-corrected chi connectivity index (χ1v) is 6.79. The summed E-state index contributed by atoms with van der Waals surface area (Å²) >= 11 is 0. The van der Waals surface area contributed by atoms with E-state index in [0.29, 0.717) is 12.1 Å². The molecule has 1 heterocycles. The van der Waals surface area contributed by atoms with Crippen molar-refractivity contribution in [2.75, 3.05) is 6.54 Å². The van der Waals surface area contributed by atoms with Crippen LogP contribution in [0.1, 0.15) is 63.7 Å². The Morgan fingerprint density at radius 2 is 1.80 bits per heavy atom. The number of imide groups is 1. The van der Waals surface area contributed by atoms with Crippen LogP contribution in [0.2, 0.25) is 0 Å². The second-order valence-electron chi connectivity index (χ2n) is 4.89. The molecule has 2 amide bonds. The third-order valence-corrected chi connectivity index (χ3v) is 3.45. The molecule has 1 aromatic rings. The molecule has 106 valence electrons. The highest BCUT2D eigenvalue weighted by Crippen LogP contribution is 2.24. The molecule has 0 aromatic heterocycles. The number of hydrogen-bond donors (Lipinski definition) is 1. The van der Waals surface area contributed by atoms with Crippen LogP contribution in [0.4, 0.5) is 0 Å². The van der Waals surface area contributed by atoms with E-state index in [0.717, 1.165) is 25.7 Å². The standard InChI is InChI=1S/C15H17NO4/c1-2-3-4-5-8-16-13(17)11-7-6-10(15(19)20)9-12(11)14(16)18/h6-7,9H,2-5,8H2,1H3,(H,19,20). The number of unbranched alkanes of at least 4 members (excludes halogenated alkanes) is 3. The Labute approximate surface area is 117 Å². The summed E-state index contributed by atoms with van der Waals surface area (Å²) in [4.78, 5) is 36.4. The summed E-state index contributed by atoms with van der Waals surface area (Å²) in [6.07, 6.45) is 3.92. The van der Waals surface area contributed by atoms with Crippen LogP contribution >= 0.6 is 0 Å². The van der Waals surface area contributed by atoms with Crippen LogP contribution in [0.3, 0.4) is 0 Å². The minimum absolute atomic E-state index is 0.0257. The highest BCUT2D eigenvalue weighted by molar-refractivity contribution is 6.21. The predicted molar refractivity (Wildman–Crippen MR) is 72.9 cm³/mol. The summed E-state index contributed by atoms with van der Waals surface area (Å²) < 4.78 is 0. The number of hydrogen-bond acceptors (Lipinski definition) is 3. The van der Waals surface area contributed by atoms with Crippen LogP contribution in [0.25, 0.3) is 0 Å². The fourth-order valence-electron chi connectivity index (χ4n) is 2.32. The molecule has 1 aliphatic rings. The lowest BCUT2D eigenvalue weighted by Crippen LogP contribution is -2.30. The topological polar surface area (TPSA) is 74.7 Å². The van der Waals surface area contributed by atoms with Crippen molar-refractivity contribution in [3.63, 3.8) is 0 Å². The lowest BCUT2D eigenvalue weighted by atomic mass is 10.1. The third kappa shape index (κ3) is 2.57. The van der Waals surface area contributed by atoms with Crippen LogP contribution < -0.4 is 0 Å². The number of amides is 2. The number of carbonyl (C=O) groups excluding carboxylic acids is 2. The average Bonchev–Trinajstić information content (AvgIpc) is 2.67. The van der Waals surface area contributed by atoms with Gasteiger partial charge in [-0.25, -0.2) is 4.79 Å². The Kier molecular flexibility index (Phi) is 4.17. The molecule has 5 heteroatoms. The van der Waals surface area contributed by atoms with Gasteiger partial charge in [0, 0.05) is 6.54 Å². The number of aromatic carboxylic acids is 1. The second kappa shape index (κ2) is 5.86. The smallest absolute Gasteiger partial charge is 0.335 e. The van der Waals surface area contributed by atoms with E-state index in [1.807, 2.05) is 0 Å². The van der Waals surface area contributed by atoms with Gasteiger partial charge in [0.25, 0.3) is 11.8 Å². The highest BCUT2D eigenvalue weighted by Gasteiger charge is 2.35. The van der Waals surface area contributed by atoms with E-state index in [2.05, 4.69) is 6.92 Å². The number of rotatable bonds is 6. The summed E-state index contributed by atoms with van der Waals surface area (Å²) in [6, 6.07) is 4.06. The Morgan fingerprint density at radius 1 is 1.10 bits per heavy atom. The molecule has 0 spiro atoms. The van der Waals surface area contributed by atoms with E-state index in [4.69, 9.17) is 5.11 Å². The monoisotopic (exact) mass is 275 g/mol. The van der Waals surface area contributed by atoms with Gasteiger partial charge in [-0.05, 0) is 24.6 Å². The van der Waals surface area contributed by atoms with E-state index in [1.54, 1.807) is 0 Å². The van der Waals surface area contributed by atoms with Crippen molar-refractivity contribution in [2.45, 2.75) is 32.6 Å². The van der Waals surface area contributed by atoms with Crippen molar-refractivity contribution in [2.24, 2.45) is 0 Å². The van der Waals surface area contributed by atoms with Crippen molar-refractivity contribution >= 4 is 17.8 Å². The Bertz CT molecular complexity index is 565. The van der Waals surface area contributed by atoms with Gasteiger partial charge in [-0.3, -0.25) is 14.5 Å². The molecule has 1 aliphatic heterocycles. The number of carboxylic acids is 1. The van der Waals surface area contributed by atoms with Crippen molar-refractivity contribution in [1.29, 1.82) is 0 Å². The fourth-order valence-corrected chi connectivity index (χ4v) is 2.32. The molecule has 0 saturated carbocycles. The summed E-state index contributed by atoms with van der Waals surface area (Å²) in [7, 11) is 0. The zero-order valence-electron chi connectivity index (χ0n) is 11.4. The van der Waals surface area contributed by atoms with Gasteiger partial charge in [-0.1, -0.05) is 26.2 Å². The SMILES string of the molecule is CCCCCCN1C(=O)c2ccc(C(=O)O)cc2C1=O. The summed E-state index contributed by atoms with van der Waals surface area (Å²) in [5, 5.41) is 8.92. The number of carboxylic acid groups (broad SMARTS) is 1. The molecule has 0 radical (unpaired) electrons. The molecule has 20 heavy (non-hydrogen) atoms. The first-order chi connectivity index (χ1) is 9.56. The van der Waals surface area contributed by atoms with Gasteiger partial charge in [0.1, 0.15) is 0 Å². The highest BCUT2D eigenvalue weighted by atomic mass is 16.4. The molecule has 0 atom stereocenters. The number of carbonyl (C=O) groups is 3. The minimum atomic E-state index is -1.10. The second-order valence-corrected chi connectivity index (χ2v) is 4.89. The summed E-state index contributed by atoms with van der Waals surface area (Å²) in [5.74, 6) is -1.81. The van der Waals surface area contributed by atoms with E-state index in [1.165, 1.54) is 23.1 Å². The maximum absolute atomic E-state index is 12.2. The largest absolute Gasteiger partial charge is 0.478 e. The summed E-state index contributed by atoms with van der Waals surface area (Å²) in [6.45, 7) is 2.49.